The summed E-state index contributed by atoms with van der Waals surface area (Å²) >= 11 is 6.69. The number of carbonyl (C=O) groups is 3. The highest BCUT2D eigenvalue weighted by Gasteiger charge is 2.36. The maximum Gasteiger partial charge on any atom is 0.323 e. The Bertz CT molecular complexity index is 918. The van der Waals surface area contributed by atoms with E-state index in [4.69, 9.17) is 21.1 Å². The Morgan fingerprint density at radius 1 is 1.32 bits per heavy atom. The van der Waals surface area contributed by atoms with E-state index < -0.39 is 23.7 Å². The third kappa shape index (κ3) is 3.62. The minimum Gasteiger partial charge on any atom is -0.480 e. The standard InChI is InChI=1S/C17H12ClNO5S/c1-9-2-3-10(18)6-12(9)13-5-4-11(24-13)7-14-16(22)19(8-15(20)21)17(23)25-14/h2-7H,8H2,1H3,(H,20,21)/b14-7+. The number of furan rings is 1. The van der Waals surface area contributed by atoms with Gasteiger partial charge in [-0.05, 0) is 48.5 Å². The monoisotopic (exact) mass is 377 g/mol. The van der Waals surface area contributed by atoms with Crippen LogP contribution in [0, 0.1) is 6.92 Å². The second-order valence-electron chi connectivity index (χ2n) is 5.32. The van der Waals surface area contributed by atoms with Crippen molar-refractivity contribution in [1.29, 1.82) is 0 Å². The van der Waals surface area contributed by atoms with Crippen molar-refractivity contribution < 1.29 is 23.9 Å². The molecule has 1 saturated heterocycles. The van der Waals surface area contributed by atoms with Crippen LogP contribution in [0.15, 0.2) is 39.7 Å². The molecule has 1 aliphatic rings. The summed E-state index contributed by atoms with van der Waals surface area (Å²) in [5.41, 5.74) is 1.80. The van der Waals surface area contributed by atoms with Crippen LogP contribution in [0.25, 0.3) is 17.4 Å². The SMILES string of the molecule is Cc1ccc(Cl)cc1-c1ccc(/C=C2/SC(=O)N(CC(=O)O)C2=O)o1. The Hall–Kier alpha value is -2.51. The van der Waals surface area contributed by atoms with E-state index in [9.17, 15) is 14.4 Å². The maximum atomic E-state index is 12.1. The van der Waals surface area contributed by atoms with Gasteiger partial charge in [-0.15, -0.1) is 0 Å². The van der Waals surface area contributed by atoms with Crippen molar-refractivity contribution in [3.63, 3.8) is 0 Å². The van der Waals surface area contributed by atoms with E-state index in [2.05, 4.69) is 0 Å². The highest BCUT2D eigenvalue weighted by Crippen LogP contribution is 2.34. The van der Waals surface area contributed by atoms with Crippen LogP contribution < -0.4 is 0 Å². The minimum absolute atomic E-state index is 0.120. The predicted octanol–water partition coefficient (Wildman–Crippen LogP) is 4.03. The summed E-state index contributed by atoms with van der Waals surface area (Å²) in [6, 6.07) is 8.84. The summed E-state index contributed by atoms with van der Waals surface area (Å²) in [7, 11) is 0. The van der Waals surface area contributed by atoms with Gasteiger partial charge in [0.15, 0.2) is 0 Å². The van der Waals surface area contributed by atoms with Crippen LogP contribution in [-0.2, 0) is 9.59 Å². The number of carbonyl (C=O) groups excluding carboxylic acids is 2. The van der Waals surface area contributed by atoms with Crippen LogP contribution in [0.1, 0.15) is 11.3 Å². The molecule has 0 atom stereocenters. The minimum atomic E-state index is -1.25. The summed E-state index contributed by atoms with van der Waals surface area (Å²) in [5, 5.41) is 8.72. The lowest BCUT2D eigenvalue weighted by molar-refractivity contribution is -0.140. The summed E-state index contributed by atoms with van der Waals surface area (Å²) in [4.78, 5) is 35.4. The first-order chi connectivity index (χ1) is 11.8. The molecule has 8 heteroatoms. The molecule has 6 nitrogen and oxygen atoms in total. The number of nitrogens with zero attached hydrogens (tertiary/aromatic N) is 1. The van der Waals surface area contributed by atoms with E-state index in [1.807, 2.05) is 13.0 Å². The zero-order valence-electron chi connectivity index (χ0n) is 13.0. The van der Waals surface area contributed by atoms with Gasteiger partial charge in [0.2, 0.25) is 0 Å². The number of amides is 2. The number of hydrogen-bond donors (Lipinski definition) is 1. The first-order valence-electron chi connectivity index (χ1n) is 7.18. The topological polar surface area (TPSA) is 87.8 Å². The molecule has 128 valence electrons. The number of benzene rings is 1. The molecule has 1 aromatic carbocycles. The number of rotatable bonds is 4. The molecule has 0 spiro atoms. The lowest BCUT2D eigenvalue weighted by Crippen LogP contribution is -2.33. The van der Waals surface area contributed by atoms with Gasteiger partial charge in [-0.2, -0.15) is 0 Å². The van der Waals surface area contributed by atoms with E-state index in [1.165, 1.54) is 6.08 Å². The Balaban J connectivity index is 1.87. The zero-order valence-corrected chi connectivity index (χ0v) is 14.6. The van der Waals surface area contributed by atoms with E-state index in [1.54, 1.807) is 24.3 Å². The second kappa shape index (κ2) is 6.78. The Labute approximate surface area is 152 Å². The summed E-state index contributed by atoms with van der Waals surface area (Å²) < 4.78 is 5.72. The Kier molecular flexibility index (Phi) is 4.69. The molecular weight excluding hydrogens is 366 g/mol. The highest BCUT2D eigenvalue weighted by atomic mass is 35.5. The normalized spacial score (nSPS) is 16.1. The van der Waals surface area contributed by atoms with E-state index in [0.717, 1.165) is 11.1 Å². The van der Waals surface area contributed by atoms with Crippen molar-refractivity contribution in [2.24, 2.45) is 0 Å². The summed E-state index contributed by atoms with van der Waals surface area (Å²) in [5.74, 6) is -0.930. The molecule has 2 heterocycles. The van der Waals surface area contributed by atoms with Crippen molar-refractivity contribution in [3.8, 4) is 11.3 Å². The number of halogens is 1. The highest BCUT2D eigenvalue weighted by molar-refractivity contribution is 8.18. The van der Waals surface area contributed by atoms with Crippen LogP contribution in [0.3, 0.4) is 0 Å². The second-order valence-corrected chi connectivity index (χ2v) is 6.75. The van der Waals surface area contributed by atoms with E-state index in [-0.39, 0.29) is 4.91 Å². The number of hydrogen-bond acceptors (Lipinski definition) is 5. The summed E-state index contributed by atoms with van der Waals surface area (Å²) in [6.07, 6.45) is 1.43. The molecule has 0 radical (unpaired) electrons. The van der Waals surface area contributed by atoms with Crippen LogP contribution in [0.2, 0.25) is 5.02 Å². The van der Waals surface area contributed by atoms with E-state index >= 15 is 0 Å². The summed E-state index contributed by atoms with van der Waals surface area (Å²) in [6.45, 7) is 1.26. The molecule has 25 heavy (non-hydrogen) atoms. The molecule has 2 amide bonds. The van der Waals surface area contributed by atoms with Gasteiger partial charge in [-0.3, -0.25) is 19.3 Å². The molecule has 2 aromatic rings. The van der Waals surface area contributed by atoms with Crippen LogP contribution in [-0.4, -0.2) is 33.7 Å². The largest absolute Gasteiger partial charge is 0.480 e. The molecule has 1 N–H and O–H groups in total. The molecule has 1 fully saturated rings. The average Bonchev–Trinajstić information content (AvgIpc) is 3.10. The van der Waals surface area contributed by atoms with Gasteiger partial charge in [0, 0.05) is 16.7 Å². The third-order valence-corrected chi connectivity index (χ3v) is 4.67. The lowest BCUT2D eigenvalue weighted by atomic mass is 10.1. The molecule has 1 aliphatic heterocycles. The number of imide groups is 1. The molecule has 1 aromatic heterocycles. The Morgan fingerprint density at radius 2 is 2.08 bits per heavy atom. The van der Waals surface area contributed by atoms with Crippen molar-refractivity contribution in [3.05, 3.63) is 51.6 Å². The maximum absolute atomic E-state index is 12.1. The molecule has 0 saturated carbocycles. The number of carboxylic acid groups (broad SMARTS) is 1. The smallest absolute Gasteiger partial charge is 0.323 e. The van der Waals surface area contributed by atoms with Crippen molar-refractivity contribution >= 4 is 46.6 Å². The van der Waals surface area contributed by atoms with Crippen molar-refractivity contribution in [2.45, 2.75) is 6.92 Å². The number of carboxylic acids is 1. The number of aliphatic carboxylic acids is 1. The quantitative estimate of drug-likeness (QED) is 0.809. The van der Waals surface area contributed by atoms with Gasteiger partial charge >= 0.3 is 5.97 Å². The van der Waals surface area contributed by atoms with Gasteiger partial charge in [-0.1, -0.05) is 17.7 Å². The van der Waals surface area contributed by atoms with Gasteiger partial charge in [0.25, 0.3) is 11.1 Å². The van der Waals surface area contributed by atoms with Crippen molar-refractivity contribution in [2.75, 3.05) is 6.54 Å². The first-order valence-corrected chi connectivity index (χ1v) is 8.38. The van der Waals surface area contributed by atoms with Gasteiger partial charge in [0.1, 0.15) is 18.1 Å². The number of aryl methyl sites for hydroxylation is 1. The van der Waals surface area contributed by atoms with E-state index in [0.29, 0.717) is 33.2 Å². The van der Waals surface area contributed by atoms with Crippen LogP contribution in [0.5, 0.6) is 0 Å². The fraction of sp³-hybridized carbons (Fsp3) is 0.118. The van der Waals surface area contributed by atoms with Gasteiger partial charge < -0.3 is 9.52 Å². The van der Waals surface area contributed by atoms with Crippen molar-refractivity contribution in [1.82, 2.24) is 4.90 Å². The third-order valence-electron chi connectivity index (χ3n) is 3.53. The lowest BCUT2D eigenvalue weighted by Gasteiger charge is -2.07. The number of thioether (sulfide) groups is 1. The van der Waals surface area contributed by atoms with Gasteiger partial charge in [-0.25, -0.2) is 0 Å². The zero-order chi connectivity index (χ0) is 18.1. The average molecular weight is 378 g/mol. The fourth-order valence-electron chi connectivity index (χ4n) is 2.34. The molecular formula is C17H12ClNO5S. The predicted molar refractivity (Wildman–Crippen MR) is 94.2 cm³/mol. The molecule has 0 aliphatic carbocycles. The van der Waals surface area contributed by atoms with Gasteiger partial charge in [0.05, 0.1) is 4.91 Å². The molecule has 0 unspecified atom stereocenters. The first kappa shape index (κ1) is 17.3. The van der Waals surface area contributed by atoms with Crippen LogP contribution >= 0.6 is 23.4 Å². The molecule has 0 bridgehead atoms. The van der Waals surface area contributed by atoms with Crippen LogP contribution in [0.4, 0.5) is 4.79 Å². The fourth-order valence-corrected chi connectivity index (χ4v) is 3.33. The molecule has 3 rings (SSSR count). The Morgan fingerprint density at radius 3 is 2.80 bits per heavy atom.